The molecule has 2 aromatic carbocycles. The Kier molecular flexibility index (Phi) is 3.80. The Morgan fingerprint density at radius 3 is 2.57 bits per heavy atom. The van der Waals surface area contributed by atoms with Crippen molar-refractivity contribution in [2.45, 2.75) is 13.8 Å². The number of hydrogen-bond acceptors (Lipinski definition) is 5. The molecule has 3 aromatic heterocycles. The largest absolute Gasteiger partial charge is 0.292 e. The first kappa shape index (κ1) is 16.8. The van der Waals surface area contributed by atoms with Gasteiger partial charge in [-0.2, -0.15) is 9.78 Å². The van der Waals surface area contributed by atoms with Gasteiger partial charge in [0, 0.05) is 10.8 Å². The third kappa shape index (κ3) is 2.53. The third-order valence-electron chi connectivity index (χ3n) is 4.86. The fourth-order valence-corrected chi connectivity index (χ4v) is 4.57. The summed E-state index contributed by atoms with van der Waals surface area (Å²) in [5.74, 6) is 0.553. The number of rotatable bonds is 2. The van der Waals surface area contributed by atoms with Crippen molar-refractivity contribution in [1.82, 2.24) is 14.6 Å². The van der Waals surface area contributed by atoms with Crippen LogP contribution >= 0.6 is 11.3 Å². The van der Waals surface area contributed by atoms with Crippen molar-refractivity contribution in [3.05, 3.63) is 81.9 Å². The standard InChI is InChI=1S/C22H16N4OS/c1-13-16-10-6-7-11-17(16)25-21-18(13)19-20(28-21)22(27)26(14(2)24-19)23-12-15-8-4-3-5-9-15/h3-12H,1-2H3/b23-12+. The zero-order chi connectivity index (χ0) is 19.3. The maximum atomic E-state index is 13.1. The van der Waals surface area contributed by atoms with Crippen LogP contribution in [0, 0.1) is 13.8 Å². The third-order valence-corrected chi connectivity index (χ3v) is 5.92. The lowest BCUT2D eigenvalue weighted by Gasteiger charge is -2.05. The highest BCUT2D eigenvalue weighted by Crippen LogP contribution is 2.35. The molecule has 5 nitrogen and oxygen atoms in total. The van der Waals surface area contributed by atoms with Gasteiger partial charge in [0.25, 0.3) is 5.56 Å². The molecule has 0 aliphatic carbocycles. The van der Waals surface area contributed by atoms with E-state index in [2.05, 4.69) is 18.1 Å². The normalized spacial score (nSPS) is 11.9. The Morgan fingerprint density at radius 1 is 1.00 bits per heavy atom. The number of pyridine rings is 1. The van der Waals surface area contributed by atoms with Gasteiger partial charge in [-0.15, -0.1) is 11.3 Å². The molecule has 0 bridgehead atoms. The van der Waals surface area contributed by atoms with E-state index in [0.29, 0.717) is 16.0 Å². The van der Waals surface area contributed by atoms with E-state index in [1.54, 1.807) is 13.1 Å². The van der Waals surface area contributed by atoms with Crippen molar-refractivity contribution < 1.29 is 0 Å². The van der Waals surface area contributed by atoms with Crippen LogP contribution in [0.15, 0.2) is 64.5 Å². The molecule has 136 valence electrons. The molecule has 0 aliphatic heterocycles. The zero-order valence-corrected chi connectivity index (χ0v) is 16.2. The summed E-state index contributed by atoms with van der Waals surface area (Å²) in [6, 6.07) is 17.7. The van der Waals surface area contributed by atoms with Gasteiger partial charge >= 0.3 is 0 Å². The van der Waals surface area contributed by atoms with Crippen molar-refractivity contribution in [1.29, 1.82) is 0 Å². The molecule has 0 fully saturated rings. The average molecular weight is 384 g/mol. The molecule has 0 aliphatic rings. The van der Waals surface area contributed by atoms with Gasteiger partial charge in [0.1, 0.15) is 15.4 Å². The van der Waals surface area contributed by atoms with Crippen LogP contribution in [0.4, 0.5) is 0 Å². The van der Waals surface area contributed by atoms with Gasteiger partial charge in [-0.25, -0.2) is 9.97 Å². The van der Waals surface area contributed by atoms with Gasteiger partial charge < -0.3 is 0 Å². The summed E-state index contributed by atoms with van der Waals surface area (Å²) in [4.78, 5) is 23.5. The van der Waals surface area contributed by atoms with Gasteiger partial charge in [-0.3, -0.25) is 4.79 Å². The topological polar surface area (TPSA) is 60.1 Å². The molecule has 0 saturated carbocycles. The Balaban J connectivity index is 1.79. The molecule has 5 rings (SSSR count). The van der Waals surface area contributed by atoms with Crippen molar-refractivity contribution in [2.75, 3.05) is 0 Å². The van der Waals surface area contributed by atoms with Crippen LogP contribution in [0.5, 0.6) is 0 Å². The molecule has 3 heterocycles. The van der Waals surface area contributed by atoms with E-state index in [-0.39, 0.29) is 5.56 Å². The summed E-state index contributed by atoms with van der Waals surface area (Å²) in [5.41, 5.74) is 3.50. The average Bonchev–Trinajstić information content (AvgIpc) is 3.07. The van der Waals surface area contributed by atoms with E-state index in [1.807, 2.05) is 48.5 Å². The molecule has 0 N–H and O–H groups in total. The van der Waals surface area contributed by atoms with E-state index in [4.69, 9.17) is 9.97 Å². The van der Waals surface area contributed by atoms with Crippen LogP contribution in [0.2, 0.25) is 0 Å². The van der Waals surface area contributed by atoms with Crippen LogP contribution in [0.1, 0.15) is 17.0 Å². The Hall–Kier alpha value is -3.38. The van der Waals surface area contributed by atoms with E-state index in [1.165, 1.54) is 16.0 Å². The molecular weight excluding hydrogens is 368 g/mol. The van der Waals surface area contributed by atoms with Crippen molar-refractivity contribution >= 4 is 48.9 Å². The number of hydrogen-bond donors (Lipinski definition) is 0. The number of para-hydroxylation sites is 1. The second-order valence-corrected chi connectivity index (χ2v) is 7.64. The smallest absolute Gasteiger partial charge is 0.266 e. The highest BCUT2D eigenvalue weighted by molar-refractivity contribution is 7.25. The quantitative estimate of drug-likeness (QED) is 0.416. The molecule has 6 heteroatoms. The first-order chi connectivity index (χ1) is 13.6. The number of aryl methyl sites for hydroxylation is 2. The summed E-state index contributed by atoms with van der Waals surface area (Å²) in [5, 5.41) is 6.42. The Labute approximate surface area is 164 Å². The first-order valence-electron chi connectivity index (χ1n) is 8.94. The summed E-state index contributed by atoms with van der Waals surface area (Å²) >= 11 is 1.38. The number of thiophene rings is 1. The number of nitrogens with zero attached hydrogens (tertiary/aromatic N) is 4. The lowest BCUT2D eigenvalue weighted by Crippen LogP contribution is -2.19. The maximum absolute atomic E-state index is 13.1. The molecule has 28 heavy (non-hydrogen) atoms. The highest BCUT2D eigenvalue weighted by Gasteiger charge is 2.17. The predicted octanol–water partition coefficient (Wildman–Crippen LogP) is 4.66. The van der Waals surface area contributed by atoms with Crippen molar-refractivity contribution in [2.24, 2.45) is 5.10 Å². The highest BCUT2D eigenvalue weighted by atomic mass is 32.1. The van der Waals surface area contributed by atoms with Gasteiger partial charge in [0.05, 0.1) is 17.2 Å². The molecule has 0 amide bonds. The van der Waals surface area contributed by atoms with Crippen LogP contribution in [0.3, 0.4) is 0 Å². The maximum Gasteiger partial charge on any atom is 0.292 e. The Morgan fingerprint density at radius 2 is 1.75 bits per heavy atom. The molecule has 5 aromatic rings. The van der Waals surface area contributed by atoms with E-state index >= 15 is 0 Å². The van der Waals surface area contributed by atoms with Crippen LogP contribution < -0.4 is 5.56 Å². The lowest BCUT2D eigenvalue weighted by atomic mass is 10.1. The minimum Gasteiger partial charge on any atom is -0.266 e. The predicted molar refractivity (Wildman–Crippen MR) is 116 cm³/mol. The monoisotopic (exact) mass is 384 g/mol. The number of aromatic nitrogens is 3. The van der Waals surface area contributed by atoms with E-state index in [9.17, 15) is 4.79 Å². The van der Waals surface area contributed by atoms with Gasteiger partial charge in [0.15, 0.2) is 0 Å². The summed E-state index contributed by atoms with van der Waals surface area (Å²) < 4.78 is 1.94. The summed E-state index contributed by atoms with van der Waals surface area (Å²) in [7, 11) is 0. The van der Waals surface area contributed by atoms with Crippen LogP contribution in [-0.4, -0.2) is 20.9 Å². The first-order valence-corrected chi connectivity index (χ1v) is 9.76. The summed E-state index contributed by atoms with van der Waals surface area (Å²) in [6.07, 6.45) is 1.67. The van der Waals surface area contributed by atoms with E-state index in [0.717, 1.165) is 32.2 Å². The molecule has 0 unspecified atom stereocenters. The molecule has 0 atom stereocenters. The van der Waals surface area contributed by atoms with Gasteiger partial charge in [-0.05, 0) is 31.0 Å². The van der Waals surface area contributed by atoms with Crippen molar-refractivity contribution in [3.8, 4) is 0 Å². The van der Waals surface area contributed by atoms with E-state index < -0.39 is 0 Å². The number of benzene rings is 2. The molecular formula is C22H16N4OS. The van der Waals surface area contributed by atoms with Crippen LogP contribution in [0.25, 0.3) is 31.3 Å². The summed E-state index contributed by atoms with van der Waals surface area (Å²) in [6.45, 7) is 3.87. The van der Waals surface area contributed by atoms with Crippen molar-refractivity contribution in [3.63, 3.8) is 0 Å². The Bertz CT molecular complexity index is 1450. The minimum atomic E-state index is -0.166. The SMILES string of the molecule is Cc1c2ccccc2nc2sc3c(=O)n(/N=C/c4ccccc4)c(C)nc3c12. The number of fused-ring (bicyclic) bond motifs is 4. The fraction of sp³-hybridized carbons (Fsp3) is 0.0909. The molecule has 0 radical (unpaired) electrons. The molecule has 0 saturated heterocycles. The second kappa shape index (κ2) is 6.35. The van der Waals surface area contributed by atoms with Crippen LogP contribution in [-0.2, 0) is 0 Å². The fourth-order valence-electron chi connectivity index (χ4n) is 3.46. The van der Waals surface area contributed by atoms with Gasteiger partial charge in [-0.1, -0.05) is 48.5 Å². The second-order valence-electron chi connectivity index (χ2n) is 6.65. The molecule has 0 spiro atoms. The minimum absolute atomic E-state index is 0.166. The zero-order valence-electron chi connectivity index (χ0n) is 15.4. The lowest BCUT2D eigenvalue weighted by molar-refractivity contribution is 0.773. The van der Waals surface area contributed by atoms with Gasteiger partial charge in [0.2, 0.25) is 0 Å².